The molecule has 1 aromatic carbocycles. The van der Waals surface area contributed by atoms with E-state index in [4.69, 9.17) is 11.6 Å². The number of benzene rings is 1. The molecule has 1 fully saturated rings. The van der Waals surface area contributed by atoms with Crippen LogP contribution in [0.2, 0.25) is 5.02 Å². The maximum atomic E-state index is 6.49. The average molecular weight is 310 g/mol. The summed E-state index contributed by atoms with van der Waals surface area (Å²) < 4.78 is 0. The Morgan fingerprint density at radius 3 is 2.48 bits per heavy atom. The van der Waals surface area contributed by atoms with Gasteiger partial charge in [0.05, 0.1) is 10.7 Å². The second-order valence-corrected chi connectivity index (χ2v) is 6.20. The highest BCUT2D eigenvalue weighted by molar-refractivity contribution is 6.33. The molecular weight excluding hydrogens is 282 g/mol. The normalized spacial score (nSPS) is 16.4. The van der Waals surface area contributed by atoms with E-state index in [9.17, 15) is 0 Å². The van der Waals surface area contributed by atoms with Gasteiger partial charge in [0, 0.05) is 32.7 Å². The number of halogens is 1. The van der Waals surface area contributed by atoms with Crippen molar-refractivity contribution < 1.29 is 0 Å². The van der Waals surface area contributed by atoms with Gasteiger partial charge in [-0.1, -0.05) is 31.5 Å². The molecule has 2 rings (SSSR count). The van der Waals surface area contributed by atoms with E-state index in [0.717, 1.165) is 50.7 Å². The fraction of sp³-hybridized carbons (Fsp3) is 0.647. The maximum Gasteiger partial charge on any atom is 0.0642 e. The van der Waals surface area contributed by atoms with E-state index in [-0.39, 0.29) is 0 Å². The molecule has 0 unspecified atom stereocenters. The van der Waals surface area contributed by atoms with Crippen molar-refractivity contribution in [3.8, 4) is 0 Å². The molecule has 0 spiro atoms. The molecular formula is C17H28ClN3. The fourth-order valence-corrected chi connectivity index (χ4v) is 3.18. The van der Waals surface area contributed by atoms with Crippen molar-refractivity contribution in [2.75, 3.05) is 44.2 Å². The topological polar surface area (TPSA) is 18.5 Å². The molecule has 1 heterocycles. The molecule has 3 nitrogen and oxygen atoms in total. The van der Waals surface area contributed by atoms with Gasteiger partial charge in [-0.3, -0.25) is 4.90 Å². The fourth-order valence-electron chi connectivity index (χ4n) is 2.85. The van der Waals surface area contributed by atoms with Gasteiger partial charge in [-0.25, -0.2) is 0 Å². The molecule has 1 aromatic rings. The molecule has 0 aliphatic carbocycles. The van der Waals surface area contributed by atoms with Crippen molar-refractivity contribution in [2.45, 2.75) is 33.2 Å². The van der Waals surface area contributed by atoms with Crippen molar-refractivity contribution in [1.82, 2.24) is 10.2 Å². The average Bonchev–Trinajstić information content (AvgIpc) is 2.49. The highest BCUT2D eigenvalue weighted by atomic mass is 35.5. The Kier molecular flexibility index (Phi) is 6.81. The summed E-state index contributed by atoms with van der Waals surface area (Å²) in [6.07, 6.45) is 2.40. The number of nitrogens with zero attached hydrogens (tertiary/aromatic N) is 2. The van der Waals surface area contributed by atoms with Crippen LogP contribution in [-0.4, -0.2) is 44.2 Å². The molecule has 21 heavy (non-hydrogen) atoms. The van der Waals surface area contributed by atoms with Gasteiger partial charge in [0.2, 0.25) is 0 Å². The number of hydrogen-bond acceptors (Lipinski definition) is 3. The molecule has 0 saturated carbocycles. The number of rotatable bonds is 7. The maximum absolute atomic E-state index is 6.49. The molecule has 0 atom stereocenters. The van der Waals surface area contributed by atoms with E-state index in [1.54, 1.807) is 0 Å². The molecule has 0 amide bonds. The second kappa shape index (κ2) is 8.62. The Morgan fingerprint density at radius 2 is 1.86 bits per heavy atom. The third-order valence-electron chi connectivity index (χ3n) is 4.02. The van der Waals surface area contributed by atoms with Gasteiger partial charge in [0.15, 0.2) is 0 Å². The Balaban J connectivity index is 1.92. The van der Waals surface area contributed by atoms with Crippen LogP contribution >= 0.6 is 11.6 Å². The summed E-state index contributed by atoms with van der Waals surface area (Å²) in [4.78, 5) is 4.95. The minimum atomic E-state index is 0.884. The van der Waals surface area contributed by atoms with Gasteiger partial charge in [-0.15, -0.1) is 0 Å². The van der Waals surface area contributed by atoms with Gasteiger partial charge >= 0.3 is 0 Å². The van der Waals surface area contributed by atoms with Gasteiger partial charge in [-0.2, -0.15) is 0 Å². The summed E-state index contributed by atoms with van der Waals surface area (Å²) in [6.45, 7) is 12.0. The predicted octanol–water partition coefficient (Wildman–Crippen LogP) is 3.37. The zero-order chi connectivity index (χ0) is 15.1. The first-order chi connectivity index (χ1) is 10.2. The Bertz CT molecular complexity index is 428. The lowest BCUT2D eigenvalue weighted by Crippen LogP contribution is -2.46. The van der Waals surface area contributed by atoms with Gasteiger partial charge in [-0.05, 0) is 43.6 Å². The van der Waals surface area contributed by atoms with Crippen LogP contribution in [0.15, 0.2) is 18.2 Å². The monoisotopic (exact) mass is 309 g/mol. The van der Waals surface area contributed by atoms with E-state index >= 15 is 0 Å². The van der Waals surface area contributed by atoms with Crippen LogP contribution in [0.5, 0.6) is 0 Å². The lowest BCUT2D eigenvalue weighted by Gasteiger charge is -2.36. The van der Waals surface area contributed by atoms with Gasteiger partial charge in [0.25, 0.3) is 0 Å². The minimum Gasteiger partial charge on any atom is -0.368 e. The number of anilines is 1. The Hall–Kier alpha value is -0.770. The number of nitrogens with one attached hydrogen (secondary N) is 1. The van der Waals surface area contributed by atoms with Gasteiger partial charge in [0.1, 0.15) is 0 Å². The molecule has 0 bridgehead atoms. The minimum absolute atomic E-state index is 0.884. The summed E-state index contributed by atoms with van der Waals surface area (Å²) >= 11 is 6.49. The number of piperazine rings is 1. The van der Waals surface area contributed by atoms with E-state index in [2.05, 4.69) is 47.2 Å². The van der Waals surface area contributed by atoms with E-state index in [1.165, 1.54) is 24.2 Å². The zero-order valence-corrected chi connectivity index (χ0v) is 14.1. The molecule has 118 valence electrons. The molecule has 0 radical (unpaired) electrons. The van der Waals surface area contributed by atoms with Crippen molar-refractivity contribution in [3.05, 3.63) is 28.8 Å². The molecule has 1 aliphatic heterocycles. The van der Waals surface area contributed by atoms with Crippen LogP contribution in [0.25, 0.3) is 0 Å². The number of hydrogen-bond donors (Lipinski definition) is 1. The summed E-state index contributed by atoms with van der Waals surface area (Å²) in [5.41, 5.74) is 2.45. The summed E-state index contributed by atoms with van der Waals surface area (Å²) in [5, 5.41) is 4.30. The van der Waals surface area contributed by atoms with Gasteiger partial charge < -0.3 is 10.2 Å². The second-order valence-electron chi connectivity index (χ2n) is 5.79. The third kappa shape index (κ3) is 4.87. The van der Waals surface area contributed by atoms with E-state index < -0.39 is 0 Å². The summed E-state index contributed by atoms with van der Waals surface area (Å²) in [5.74, 6) is 0. The SMILES string of the molecule is CCCNCc1ccc(N2CCN(CCC)CC2)c(Cl)c1. The Labute approximate surface area is 134 Å². The molecule has 4 heteroatoms. The highest BCUT2D eigenvalue weighted by Gasteiger charge is 2.18. The largest absolute Gasteiger partial charge is 0.368 e. The van der Waals surface area contributed by atoms with Crippen molar-refractivity contribution in [2.24, 2.45) is 0 Å². The van der Waals surface area contributed by atoms with E-state index in [0.29, 0.717) is 0 Å². The van der Waals surface area contributed by atoms with Crippen molar-refractivity contribution in [3.63, 3.8) is 0 Å². The smallest absolute Gasteiger partial charge is 0.0642 e. The van der Waals surface area contributed by atoms with Crippen LogP contribution in [0.1, 0.15) is 32.3 Å². The van der Waals surface area contributed by atoms with E-state index in [1.807, 2.05) is 0 Å². The van der Waals surface area contributed by atoms with Crippen LogP contribution in [0.3, 0.4) is 0 Å². The Morgan fingerprint density at radius 1 is 1.10 bits per heavy atom. The first-order valence-corrected chi connectivity index (χ1v) is 8.58. The molecule has 1 N–H and O–H groups in total. The van der Waals surface area contributed by atoms with Crippen LogP contribution in [0.4, 0.5) is 5.69 Å². The third-order valence-corrected chi connectivity index (χ3v) is 4.32. The van der Waals surface area contributed by atoms with Crippen LogP contribution < -0.4 is 10.2 Å². The predicted molar refractivity (Wildman–Crippen MR) is 92.4 cm³/mol. The molecule has 1 saturated heterocycles. The van der Waals surface area contributed by atoms with Crippen LogP contribution in [-0.2, 0) is 6.54 Å². The molecule has 0 aromatic heterocycles. The summed E-state index contributed by atoms with van der Waals surface area (Å²) in [7, 11) is 0. The lowest BCUT2D eigenvalue weighted by molar-refractivity contribution is 0.258. The van der Waals surface area contributed by atoms with Crippen molar-refractivity contribution in [1.29, 1.82) is 0 Å². The highest BCUT2D eigenvalue weighted by Crippen LogP contribution is 2.27. The standard InChI is InChI=1S/C17H28ClN3/c1-3-7-19-14-15-5-6-17(16(18)13-15)21-11-9-20(8-4-2)10-12-21/h5-6,13,19H,3-4,7-12,14H2,1-2H3. The zero-order valence-electron chi connectivity index (χ0n) is 13.4. The first-order valence-electron chi connectivity index (χ1n) is 8.21. The van der Waals surface area contributed by atoms with Crippen LogP contribution in [0, 0.1) is 0 Å². The molecule has 1 aliphatic rings. The van der Waals surface area contributed by atoms with Crippen molar-refractivity contribution >= 4 is 17.3 Å². The lowest BCUT2D eigenvalue weighted by atomic mass is 10.1. The summed E-state index contributed by atoms with van der Waals surface area (Å²) in [6, 6.07) is 6.49. The first kappa shape index (κ1) is 16.6. The quantitative estimate of drug-likeness (QED) is 0.779.